The number of benzene rings is 2. The molecule has 3 rings (SSSR count). The molecule has 2 aromatic carbocycles. The number of carbonyl (C=O) groups excluding carboxylic acids is 2. The van der Waals surface area contributed by atoms with E-state index in [4.69, 9.17) is 0 Å². The van der Waals surface area contributed by atoms with Crippen molar-refractivity contribution in [3.05, 3.63) is 59.4 Å². The first-order chi connectivity index (χ1) is 11.5. The Morgan fingerprint density at radius 2 is 2.00 bits per heavy atom. The molecule has 124 valence electrons. The van der Waals surface area contributed by atoms with Gasteiger partial charge in [0.25, 0.3) is 5.91 Å². The van der Waals surface area contributed by atoms with Gasteiger partial charge < -0.3 is 10.2 Å². The number of nitrogens with one attached hydrogen (secondary N) is 1. The molecule has 5 heteroatoms. The average molecular weight is 326 g/mol. The van der Waals surface area contributed by atoms with E-state index in [2.05, 4.69) is 5.32 Å². The fraction of sp³-hybridized carbons (Fsp3) is 0.263. The van der Waals surface area contributed by atoms with Gasteiger partial charge in [-0.05, 0) is 61.7 Å². The summed E-state index contributed by atoms with van der Waals surface area (Å²) in [6, 6.07) is 11.0. The van der Waals surface area contributed by atoms with Crippen molar-refractivity contribution in [3.8, 4) is 0 Å². The van der Waals surface area contributed by atoms with Gasteiger partial charge in [-0.15, -0.1) is 0 Å². The van der Waals surface area contributed by atoms with Crippen LogP contribution >= 0.6 is 0 Å². The van der Waals surface area contributed by atoms with Crippen LogP contribution in [0.4, 0.5) is 15.8 Å². The summed E-state index contributed by atoms with van der Waals surface area (Å²) in [6.45, 7) is 2.64. The Balaban J connectivity index is 1.77. The number of anilines is 2. The molecule has 1 aliphatic rings. The quantitative estimate of drug-likeness (QED) is 0.930. The Morgan fingerprint density at radius 1 is 1.17 bits per heavy atom. The van der Waals surface area contributed by atoms with Crippen LogP contribution in [0, 0.1) is 12.7 Å². The van der Waals surface area contributed by atoms with E-state index >= 15 is 0 Å². The van der Waals surface area contributed by atoms with Crippen LogP contribution in [0.2, 0.25) is 0 Å². The fourth-order valence-corrected chi connectivity index (χ4v) is 2.93. The molecule has 0 atom stereocenters. The lowest BCUT2D eigenvalue weighted by Crippen LogP contribution is -2.35. The number of piperidine rings is 1. The molecule has 4 nitrogen and oxygen atoms in total. The van der Waals surface area contributed by atoms with Crippen molar-refractivity contribution in [2.24, 2.45) is 0 Å². The van der Waals surface area contributed by atoms with E-state index in [0.717, 1.165) is 30.6 Å². The molecule has 0 bridgehead atoms. The lowest BCUT2D eigenvalue weighted by Gasteiger charge is -2.28. The van der Waals surface area contributed by atoms with Gasteiger partial charge in [0.2, 0.25) is 5.91 Å². The monoisotopic (exact) mass is 326 g/mol. The molecule has 0 radical (unpaired) electrons. The molecule has 1 fully saturated rings. The number of hydrogen-bond acceptors (Lipinski definition) is 2. The van der Waals surface area contributed by atoms with E-state index in [1.165, 1.54) is 18.2 Å². The van der Waals surface area contributed by atoms with Gasteiger partial charge in [0.05, 0.1) is 0 Å². The summed E-state index contributed by atoms with van der Waals surface area (Å²) in [5.74, 6) is -0.672. The van der Waals surface area contributed by atoms with Gasteiger partial charge in [-0.1, -0.05) is 6.07 Å². The maximum absolute atomic E-state index is 13.2. The van der Waals surface area contributed by atoms with Crippen molar-refractivity contribution in [2.45, 2.75) is 26.2 Å². The van der Waals surface area contributed by atoms with Crippen LogP contribution in [-0.2, 0) is 4.79 Å². The molecule has 1 N–H and O–H groups in total. The SMILES string of the molecule is Cc1cc(NC(=O)c2cccc(F)c2)ccc1N1CCCCC1=O. The lowest BCUT2D eigenvalue weighted by molar-refractivity contribution is -0.119. The minimum atomic E-state index is -0.446. The normalized spacial score (nSPS) is 14.6. The Labute approximate surface area is 140 Å². The van der Waals surface area contributed by atoms with Crippen molar-refractivity contribution in [3.63, 3.8) is 0 Å². The van der Waals surface area contributed by atoms with Crippen LogP contribution in [0.25, 0.3) is 0 Å². The highest BCUT2D eigenvalue weighted by Crippen LogP contribution is 2.27. The predicted octanol–water partition coefficient (Wildman–Crippen LogP) is 3.90. The van der Waals surface area contributed by atoms with Crippen molar-refractivity contribution in [1.29, 1.82) is 0 Å². The molecule has 2 aromatic rings. The third-order valence-electron chi connectivity index (χ3n) is 4.16. The topological polar surface area (TPSA) is 49.4 Å². The number of nitrogens with zero attached hydrogens (tertiary/aromatic N) is 1. The van der Waals surface area contributed by atoms with Gasteiger partial charge in [0, 0.05) is 29.9 Å². The fourth-order valence-electron chi connectivity index (χ4n) is 2.93. The van der Waals surface area contributed by atoms with E-state index in [9.17, 15) is 14.0 Å². The summed E-state index contributed by atoms with van der Waals surface area (Å²) in [4.78, 5) is 26.0. The number of halogens is 1. The minimum Gasteiger partial charge on any atom is -0.322 e. The van der Waals surface area contributed by atoms with Gasteiger partial charge in [0.1, 0.15) is 5.82 Å². The maximum atomic E-state index is 13.2. The molecule has 0 saturated carbocycles. The summed E-state index contributed by atoms with van der Waals surface area (Å²) < 4.78 is 13.2. The summed E-state index contributed by atoms with van der Waals surface area (Å²) in [5.41, 5.74) is 2.68. The molecule has 0 spiro atoms. The molecule has 0 aromatic heterocycles. The highest BCUT2D eigenvalue weighted by atomic mass is 19.1. The molecule has 0 aliphatic carbocycles. The van der Waals surface area contributed by atoms with Gasteiger partial charge >= 0.3 is 0 Å². The number of rotatable bonds is 3. The zero-order chi connectivity index (χ0) is 17.1. The van der Waals surface area contributed by atoms with Crippen molar-refractivity contribution in [1.82, 2.24) is 0 Å². The third-order valence-corrected chi connectivity index (χ3v) is 4.16. The number of carbonyl (C=O) groups is 2. The number of amides is 2. The van der Waals surface area contributed by atoms with Crippen LogP contribution in [0.5, 0.6) is 0 Å². The van der Waals surface area contributed by atoms with Crippen LogP contribution in [0.1, 0.15) is 35.2 Å². The van der Waals surface area contributed by atoms with Crippen LogP contribution in [-0.4, -0.2) is 18.4 Å². The van der Waals surface area contributed by atoms with E-state index < -0.39 is 5.82 Å². The highest BCUT2D eigenvalue weighted by molar-refractivity contribution is 6.04. The Hall–Kier alpha value is -2.69. The van der Waals surface area contributed by atoms with Crippen LogP contribution in [0.15, 0.2) is 42.5 Å². The molecule has 2 amide bonds. The number of hydrogen-bond donors (Lipinski definition) is 1. The minimum absolute atomic E-state index is 0.140. The van der Waals surface area contributed by atoms with Gasteiger partial charge in [0.15, 0.2) is 0 Å². The molecular formula is C19H19FN2O2. The van der Waals surface area contributed by atoms with Crippen molar-refractivity contribution < 1.29 is 14.0 Å². The zero-order valence-corrected chi connectivity index (χ0v) is 13.5. The van der Waals surface area contributed by atoms with Gasteiger partial charge in [-0.3, -0.25) is 9.59 Å². The highest BCUT2D eigenvalue weighted by Gasteiger charge is 2.21. The first-order valence-corrected chi connectivity index (χ1v) is 8.02. The van der Waals surface area contributed by atoms with Crippen LogP contribution in [0.3, 0.4) is 0 Å². The molecule has 1 saturated heterocycles. The Morgan fingerprint density at radius 3 is 2.71 bits per heavy atom. The second-order valence-corrected chi connectivity index (χ2v) is 5.97. The van der Waals surface area contributed by atoms with E-state index in [-0.39, 0.29) is 17.4 Å². The van der Waals surface area contributed by atoms with Crippen LogP contribution < -0.4 is 10.2 Å². The van der Waals surface area contributed by atoms with Gasteiger partial charge in [-0.2, -0.15) is 0 Å². The summed E-state index contributed by atoms with van der Waals surface area (Å²) in [6.07, 6.45) is 2.52. The second-order valence-electron chi connectivity index (χ2n) is 5.97. The lowest BCUT2D eigenvalue weighted by atomic mass is 10.1. The largest absolute Gasteiger partial charge is 0.322 e. The second kappa shape index (κ2) is 6.83. The van der Waals surface area contributed by atoms with E-state index in [0.29, 0.717) is 12.1 Å². The summed E-state index contributed by atoms with van der Waals surface area (Å²) in [7, 11) is 0. The third kappa shape index (κ3) is 3.45. The first kappa shape index (κ1) is 16.2. The van der Waals surface area contributed by atoms with Gasteiger partial charge in [-0.25, -0.2) is 4.39 Å². The Kier molecular flexibility index (Phi) is 4.60. The average Bonchev–Trinajstić information content (AvgIpc) is 2.56. The standard InChI is InChI=1S/C19H19FN2O2/c1-13-11-16(21-19(24)14-5-4-6-15(20)12-14)8-9-17(13)22-10-3-2-7-18(22)23/h4-6,8-9,11-12H,2-3,7,10H2,1H3,(H,21,24). The Bertz CT molecular complexity index is 789. The molecule has 24 heavy (non-hydrogen) atoms. The number of aryl methyl sites for hydroxylation is 1. The maximum Gasteiger partial charge on any atom is 0.255 e. The molecular weight excluding hydrogens is 307 g/mol. The first-order valence-electron chi connectivity index (χ1n) is 8.02. The van der Waals surface area contributed by atoms with Crippen molar-refractivity contribution >= 4 is 23.2 Å². The van der Waals surface area contributed by atoms with E-state index in [1.54, 1.807) is 17.0 Å². The molecule has 0 unspecified atom stereocenters. The molecule has 1 heterocycles. The predicted molar refractivity (Wildman–Crippen MR) is 91.7 cm³/mol. The van der Waals surface area contributed by atoms with E-state index in [1.807, 2.05) is 19.1 Å². The molecule has 1 aliphatic heterocycles. The zero-order valence-electron chi connectivity index (χ0n) is 13.5. The smallest absolute Gasteiger partial charge is 0.255 e. The summed E-state index contributed by atoms with van der Waals surface area (Å²) in [5, 5.41) is 2.76. The summed E-state index contributed by atoms with van der Waals surface area (Å²) >= 11 is 0. The van der Waals surface area contributed by atoms with Crippen molar-refractivity contribution in [2.75, 3.05) is 16.8 Å².